The molecule has 0 aliphatic rings. The van der Waals surface area contributed by atoms with Gasteiger partial charge >= 0.3 is 0 Å². The first-order valence-corrected chi connectivity index (χ1v) is 8.95. The Morgan fingerprint density at radius 1 is 0.920 bits per heavy atom. The molecule has 0 aliphatic carbocycles. The van der Waals surface area contributed by atoms with Crippen molar-refractivity contribution >= 4 is 12.4 Å². The van der Waals surface area contributed by atoms with E-state index in [1.54, 1.807) is 12.1 Å². The second kappa shape index (κ2) is 12.7. The van der Waals surface area contributed by atoms with E-state index >= 15 is 0 Å². The van der Waals surface area contributed by atoms with Crippen LogP contribution in [-0.2, 0) is 13.2 Å². The molecule has 4 heteroatoms. The fraction of sp³-hybridized carbons (Fsp3) is 0.429. The second-order valence-corrected chi connectivity index (χ2v) is 6.11. The third kappa shape index (κ3) is 8.37. The Morgan fingerprint density at radius 3 is 2.40 bits per heavy atom. The maximum absolute atomic E-state index is 12.9. The average molecular weight is 366 g/mol. The number of benzene rings is 2. The van der Waals surface area contributed by atoms with Crippen molar-refractivity contribution in [1.29, 1.82) is 0 Å². The molecule has 2 aromatic rings. The molecule has 0 aromatic heterocycles. The lowest BCUT2D eigenvalue weighted by atomic mass is 10.1. The Morgan fingerprint density at radius 2 is 1.64 bits per heavy atom. The first-order valence-electron chi connectivity index (χ1n) is 8.95. The minimum atomic E-state index is -0.220. The maximum Gasteiger partial charge on any atom is 0.124 e. The topological polar surface area (TPSA) is 21.3 Å². The summed E-state index contributed by atoms with van der Waals surface area (Å²) >= 11 is 0. The summed E-state index contributed by atoms with van der Waals surface area (Å²) in [4.78, 5) is 0. The first-order chi connectivity index (χ1) is 11.8. The molecule has 0 fully saturated rings. The number of hydrogen-bond acceptors (Lipinski definition) is 2. The summed E-state index contributed by atoms with van der Waals surface area (Å²) in [6.45, 7) is 4.54. The van der Waals surface area contributed by atoms with Gasteiger partial charge in [0.1, 0.15) is 18.2 Å². The smallest absolute Gasteiger partial charge is 0.124 e. The fourth-order valence-corrected chi connectivity index (χ4v) is 2.61. The zero-order valence-corrected chi connectivity index (χ0v) is 15.8. The molecule has 0 aliphatic heterocycles. The van der Waals surface area contributed by atoms with Gasteiger partial charge < -0.3 is 10.1 Å². The molecule has 0 saturated heterocycles. The van der Waals surface area contributed by atoms with Crippen LogP contribution >= 0.6 is 12.4 Å². The molecule has 0 radical (unpaired) electrons. The van der Waals surface area contributed by atoms with E-state index in [0.717, 1.165) is 30.0 Å². The molecule has 0 unspecified atom stereocenters. The zero-order chi connectivity index (χ0) is 17.0. The van der Waals surface area contributed by atoms with Crippen LogP contribution in [0.4, 0.5) is 4.39 Å². The van der Waals surface area contributed by atoms with Crippen molar-refractivity contribution in [1.82, 2.24) is 5.32 Å². The van der Waals surface area contributed by atoms with E-state index in [2.05, 4.69) is 18.3 Å². The second-order valence-electron chi connectivity index (χ2n) is 6.11. The van der Waals surface area contributed by atoms with Crippen LogP contribution < -0.4 is 10.1 Å². The van der Waals surface area contributed by atoms with Crippen LogP contribution in [0.15, 0.2) is 48.5 Å². The highest BCUT2D eigenvalue weighted by molar-refractivity contribution is 5.85. The largest absolute Gasteiger partial charge is 0.489 e. The highest BCUT2D eigenvalue weighted by atomic mass is 35.5. The Hall–Kier alpha value is -1.58. The summed E-state index contributed by atoms with van der Waals surface area (Å²) in [5.41, 5.74) is 2.13. The quantitative estimate of drug-likeness (QED) is 0.501. The van der Waals surface area contributed by atoms with Crippen molar-refractivity contribution in [2.75, 3.05) is 6.54 Å². The van der Waals surface area contributed by atoms with E-state index in [4.69, 9.17) is 4.74 Å². The van der Waals surface area contributed by atoms with Crippen molar-refractivity contribution in [2.45, 2.75) is 52.2 Å². The standard InChI is InChI=1S/C21H28FNO.ClH/c1-2-3-4-5-8-15-23-16-19-9-6-7-10-21(19)24-17-18-11-13-20(22)14-12-18;/h6-7,9-14,23H,2-5,8,15-17H2,1H3;1H. The lowest BCUT2D eigenvalue weighted by molar-refractivity contribution is 0.302. The Bertz CT molecular complexity index is 589. The predicted octanol–water partition coefficient (Wildman–Crippen LogP) is 5.89. The van der Waals surface area contributed by atoms with Crippen LogP contribution in [0.1, 0.15) is 50.2 Å². The highest BCUT2D eigenvalue weighted by Crippen LogP contribution is 2.19. The number of rotatable bonds is 11. The van der Waals surface area contributed by atoms with E-state index in [9.17, 15) is 4.39 Å². The summed E-state index contributed by atoms with van der Waals surface area (Å²) in [6, 6.07) is 14.5. The van der Waals surface area contributed by atoms with Gasteiger partial charge in [-0.1, -0.05) is 62.9 Å². The summed E-state index contributed by atoms with van der Waals surface area (Å²) in [5, 5.41) is 3.50. The van der Waals surface area contributed by atoms with Gasteiger partial charge in [-0.05, 0) is 36.7 Å². The molecule has 25 heavy (non-hydrogen) atoms. The van der Waals surface area contributed by atoms with E-state index < -0.39 is 0 Å². The van der Waals surface area contributed by atoms with Gasteiger partial charge in [-0.2, -0.15) is 0 Å². The van der Waals surface area contributed by atoms with Gasteiger partial charge in [0.2, 0.25) is 0 Å². The average Bonchev–Trinajstić information content (AvgIpc) is 2.61. The van der Waals surface area contributed by atoms with E-state index in [0.29, 0.717) is 6.61 Å². The molecule has 1 N–H and O–H groups in total. The van der Waals surface area contributed by atoms with Gasteiger partial charge in [0.15, 0.2) is 0 Å². The molecule has 0 spiro atoms. The van der Waals surface area contributed by atoms with Crippen LogP contribution in [0, 0.1) is 5.82 Å². The molecule has 138 valence electrons. The van der Waals surface area contributed by atoms with Crippen LogP contribution in [-0.4, -0.2) is 6.54 Å². The van der Waals surface area contributed by atoms with Crippen LogP contribution in [0.3, 0.4) is 0 Å². The molecule has 0 bridgehead atoms. The third-order valence-electron chi connectivity index (χ3n) is 4.05. The van der Waals surface area contributed by atoms with Crippen LogP contribution in [0.5, 0.6) is 5.75 Å². The normalized spacial score (nSPS) is 10.3. The van der Waals surface area contributed by atoms with Crippen molar-refractivity contribution in [3.05, 3.63) is 65.5 Å². The van der Waals surface area contributed by atoms with E-state index in [1.165, 1.54) is 44.2 Å². The SMILES string of the molecule is CCCCCCCNCc1ccccc1OCc1ccc(F)cc1.Cl. The molecule has 2 aromatic carbocycles. The maximum atomic E-state index is 12.9. The first kappa shape index (κ1) is 21.5. The molecular formula is C21H29ClFNO. The van der Waals surface area contributed by atoms with Crippen molar-refractivity contribution < 1.29 is 9.13 Å². The van der Waals surface area contributed by atoms with E-state index in [-0.39, 0.29) is 18.2 Å². The Balaban J connectivity index is 0.00000312. The molecule has 2 rings (SSSR count). The number of hydrogen-bond donors (Lipinski definition) is 1. The third-order valence-corrected chi connectivity index (χ3v) is 4.05. The van der Waals surface area contributed by atoms with Crippen LogP contribution in [0.25, 0.3) is 0 Å². The van der Waals surface area contributed by atoms with Gasteiger partial charge in [-0.3, -0.25) is 0 Å². The zero-order valence-electron chi connectivity index (χ0n) is 15.0. The van der Waals surface area contributed by atoms with Gasteiger partial charge in [0.05, 0.1) is 0 Å². The molecule has 2 nitrogen and oxygen atoms in total. The minimum absolute atomic E-state index is 0. The number of para-hydroxylation sites is 1. The Labute approximate surface area is 157 Å². The summed E-state index contributed by atoms with van der Waals surface area (Å²) in [6.07, 6.45) is 6.46. The van der Waals surface area contributed by atoms with E-state index in [1.807, 2.05) is 18.2 Å². The van der Waals surface area contributed by atoms with Crippen molar-refractivity contribution in [3.63, 3.8) is 0 Å². The predicted molar refractivity (Wildman–Crippen MR) is 105 cm³/mol. The lowest BCUT2D eigenvalue weighted by Gasteiger charge is -2.12. The monoisotopic (exact) mass is 365 g/mol. The summed E-state index contributed by atoms with van der Waals surface area (Å²) in [7, 11) is 0. The number of ether oxygens (including phenoxy) is 1. The number of halogens is 2. The fourth-order valence-electron chi connectivity index (χ4n) is 2.61. The number of nitrogens with one attached hydrogen (secondary N) is 1. The minimum Gasteiger partial charge on any atom is -0.489 e. The summed E-state index contributed by atoms with van der Waals surface area (Å²) in [5.74, 6) is 0.669. The molecule has 0 saturated carbocycles. The van der Waals surface area contributed by atoms with Gasteiger partial charge in [0, 0.05) is 12.1 Å². The van der Waals surface area contributed by atoms with Crippen molar-refractivity contribution in [3.8, 4) is 5.75 Å². The van der Waals surface area contributed by atoms with Crippen LogP contribution in [0.2, 0.25) is 0 Å². The Kier molecular flexibility index (Phi) is 10.9. The van der Waals surface area contributed by atoms with Gasteiger partial charge in [0.25, 0.3) is 0 Å². The molecule has 0 amide bonds. The molecule has 0 heterocycles. The number of unbranched alkanes of at least 4 members (excludes halogenated alkanes) is 4. The molecule has 0 atom stereocenters. The van der Waals surface area contributed by atoms with Gasteiger partial charge in [-0.15, -0.1) is 12.4 Å². The molecular weight excluding hydrogens is 337 g/mol. The van der Waals surface area contributed by atoms with Crippen molar-refractivity contribution in [2.24, 2.45) is 0 Å². The summed E-state index contributed by atoms with van der Waals surface area (Å²) < 4.78 is 18.8. The highest BCUT2D eigenvalue weighted by Gasteiger charge is 2.03. The van der Waals surface area contributed by atoms with Gasteiger partial charge in [-0.25, -0.2) is 4.39 Å². The lowest BCUT2D eigenvalue weighted by Crippen LogP contribution is -2.15.